The number of hydrogen-bond acceptors (Lipinski definition) is 4. The first kappa shape index (κ1) is 24.3. The molecule has 1 aromatic heterocycles. The Labute approximate surface area is 190 Å². The minimum absolute atomic E-state index is 0. The first-order chi connectivity index (χ1) is 13.6. The van der Waals surface area contributed by atoms with E-state index in [1.54, 1.807) is 11.3 Å². The Morgan fingerprint density at radius 2 is 1.60 bits per heavy atom. The number of anilines is 1. The van der Waals surface area contributed by atoms with Crippen LogP contribution in [0.15, 0.2) is 36.4 Å². The van der Waals surface area contributed by atoms with Gasteiger partial charge in [0.1, 0.15) is 0 Å². The van der Waals surface area contributed by atoms with Crippen LogP contribution in [-0.2, 0) is 5.41 Å². The minimum Gasteiger partial charge on any atom is -0.308 e. The van der Waals surface area contributed by atoms with Gasteiger partial charge in [-0.1, -0.05) is 44.2 Å². The van der Waals surface area contributed by atoms with Crippen molar-refractivity contribution in [3.8, 4) is 0 Å². The molecule has 0 saturated heterocycles. The lowest BCUT2D eigenvalue weighted by atomic mass is 9.86. The number of benzene rings is 2. The fraction of sp³-hybridized carbons (Fsp3) is 0.417. The van der Waals surface area contributed by atoms with Crippen LogP contribution >= 0.6 is 23.7 Å². The number of likely N-dealkylation sites (N-methyl/N-ethyl adjacent to an activating group) is 1. The maximum absolute atomic E-state index is 13.4. The van der Waals surface area contributed by atoms with E-state index in [0.29, 0.717) is 12.1 Å². The van der Waals surface area contributed by atoms with Gasteiger partial charge in [-0.15, -0.1) is 12.4 Å². The lowest BCUT2D eigenvalue weighted by molar-refractivity contribution is 0.0985. The molecule has 0 saturated carbocycles. The largest absolute Gasteiger partial charge is 0.308 e. The topological polar surface area (TPSA) is 36.4 Å². The van der Waals surface area contributed by atoms with Crippen LogP contribution in [0.1, 0.15) is 47.8 Å². The molecule has 1 heterocycles. The quantitative estimate of drug-likeness (QED) is 0.494. The Hall–Kier alpha value is -1.95. The molecule has 2 aromatic carbocycles. The highest BCUT2D eigenvalue weighted by Crippen LogP contribution is 2.32. The van der Waals surface area contributed by atoms with Crippen molar-refractivity contribution in [3.05, 3.63) is 58.7 Å². The van der Waals surface area contributed by atoms with Crippen molar-refractivity contribution in [2.24, 2.45) is 0 Å². The molecule has 0 fully saturated rings. The standard InChI is InChI=1S/C24H31N3OS.ClH/c1-16-14-20-21(15-17(16)2)29-23(25-20)27(13-12-26(6)7)22(28)18-8-10-19(11-9-18)24(3,4)5;/h8-11,14-15H,12-13H2,1-7H3;1H. The van der Waals surface area contributed by atoms with Crippen LogP contribution in [0.25, 0.3) is 10.2 Å². The van der Waals surface area contributed by atoms with Crippen molar-refractivity contribution in [1.29, 1.82) is 0 Å². The SMILES string of the molecule is Cc1cc2nc(N(CCN(C)C)C(=O)c3ccc(C(C)(C)C)cc3)sc2cc1C.Cl. The molecular formula is C24H32ClN3OS. The van der Waals surface area contributed by atoms with Crippen LogP contribution in [0, 0.1) is 13.8 Å². The zero-order valence-electron chi connectivity index (χ0n) is 18.9. The molecule has 4 nitrogen and oxygen atoms in total. The number of aryl methyl sites for hydroxylation is 2. The zero-order valence-corrected chi connectivity index (χ0v) is 20.6. The van der Waals surface area contributed by atoms with E-state index < -0.39 is 0 Å². The highest BCUT2D eigenvalue weighted by molar-refractivity contribution is 7.22. The summed E-state index contributed by atoms with van der Waals surface area (Å²) in [6.07, 6.45) is 0. The van der Waals surface area contributed by atoms with Crippen LogP contribution in [-0.4, -0.2) is 43.0 Å². The van der Waals surface area contributed by atoms with Crippen molar-refractivity contribution < 1.29 is 4.79 Å². The number of fused-ring (bicyclic) bond motifs is 1. The van der Waals surface area contributed by atoms with Gasteiger partial charge in [-0.3, -0.25) is 9.69 Å². The summed E-state index contributed by atoms with van der Waals surface area (Å²) in [5.74, 6) is -0.000177. The predicted molar refractivity (Wildman–Crippen MR) is 132 cm³/mol. The summed E-state index contributed by atoms with van der Waals surface area (Å²) >= 11 is 1.59. The van der Waals surface area contributed by atoms with E-state index in [9.17, 15) is 4.79 Å². The molecule has 1 amide bonds. The molecule has 0 aliphatic carbocycles. The number of amides is 1. The Bertz CT molecular complexity index is 980. The normalized spacial score (nSPS) is 11.6. The van der Waals surface area contributed by atoms with E-state index in [0.717, 1.165) is 21.9 Å². The summed E-state index contributed by atoms with van der Waals surface area (Å²) in [5.41, 5.74) is 5.41. The van der Waals surface area contributed by atoms with Gasteiger partial charge in [-0.2, -0.15) is 0 Å². The average molecular weight is 446 g/mol. The minimum atomic E-state index is -0.000177. The molecular weight excluding hydrogens is 414 g/mol. The van der Waals surface area contributed by atoms with Gasteiger partial charge in [0.25, 0.3) is 5.91 Å². The summed E-state index contributed by atoms with van der Waals surface area (Å²) in [4.78, 5) is 22.1. The van der Waals surface area contributed by atoms with Crippen LogP contribution < -0.4 is 4.90 Å². The van der Waals surface area contributed by atoms with Crippen molar-refractivity contribution in [2.45, 2.75) is 40.0 Å². The lowest BCUT2D eigenvalue weighted by Gasteiger charge is -2.23. The number of thiazole rings is 1. The fourth-order valence-electron chi connectivity index (χ4n) is 3.14. The molecule has 6 heteroatoms. The summed E-state index contributed by atoms with van der Waals surface area (Å²) < 4.78 is 1.12. The first-order valence-electron chi connectivity index (χ1n) is 10.0. The van der Waals surface area contributed by atoms with E-state index in [2.05, 4.69) is 63.8 Å². The molecule has 0 bridgehead atoms. The maximum atomic E-state index is 13.4. The van der Waals surface area contributed by atoms with E-state index in [4.69, 9.17) is 4.98 Å². The summed E-state index contributed by atoms with van der Waals surface area (Å²) in [6, 6.07) is 12.3. The molecule has 162 valence electrons. The van der Waals surface area contributed by atoms with Gasteiger partial charge in [0.05, 0.1) is 10.2 Å². The summed E-state index contributed by atoms with van der Waals surface area (Å²) in [7, 11) is 4.04. The smallest absolute Gasteiger partial charge is 0.260 e. The molecule has 0 spiro atoms. The number of nitrogens with zero attached hydrogens (tertiary/aromatic N) is 3. The highest BCUT2D eigenvalue weighted by atomic mass is 35.5. The maximum Gasteiger partial charge on any atom is 0.260 e. The molecule has 0 aliphatic rings. The molecule has 3 aromatic rings. The second kappa shape index (κ2) is 9.46. The second-order valence-corrected chi connectivity index (χ2v) is 10.00. The van der Waals surface area contributed by atoms with Gasteiger partial charge in [0.15, 0.2) is 5.13 Å². The zero-order chi connectivity index (χ0) is 21.3. The summed E-state index contributed by atoms with van der Waals surface area (Å²) in [6.45, 7) is 12.1. The number of rotatable bonds is 5. The molecule has 0 unspecified atom stereocenters. The van der Waals surface area contributed by atoms with E-state index >= 15 is 0 Å². The monoisotopic (exact) mass is 445 g/mol. The van der Waals surface area contributed by atoms with Gasteiger partial charge in [-0.25, -0.2) is 4.98 Å². The molecule has 0 aliphatic heterocycles. The molecule has 0 atom stereocenters. The number of aromatic nitrogens is 1. The third-order valence-electron chi connectivity index (χ3n) is 5.24. The van der Waals surface area contributed by atoms with E-state index in [1.807, 2.05) is 31.1 Å². The summed E-state index contributed by atoms with van der Waals surface area (Å²) in [5, 5.41) is 0.761. The molecule has 30 heavy (non-hydrogen) atoms. The third-order valence-corrected chi connectivity index (χ3v) is 6.28. The van der Waals surface area contributed by atoms with Crippen LogP contribution in [0.4, 0.5) is 5.13 Å². The molecule has 3 rings (SSSR count). The Morgan fingerprint density at radius 3 is 2.17 bits per heavy atom. The molecule has 0 radical (unpaired) electrons. The number of halogens is 1. The van der Waals surface area contributed by atoms with Gasteiger partial charge in [-0.05, 0) is 74.3 Å². The van der Waals surface area contributed by atoms with Crippen molar-refractivity contribution >= 4 is 45.0 Å². The third kappa shape index (κ3) is 5.39. The van der Waals surface area contributed by atoms with Crippen LogP contribution in [0.2, 0.25) is 0 Å². The van der Waals surface area contributed by atoms with E-state index in [-0.39, 0.29) is 23.7 Å². The first-order valence-corrected chi connectivity index (χ1v) is 10.8. The molecule has 0 N–H and O–H groups in total. The predicted octanol–water partition coefficient (Wildman–Crippen LogP) is 5.84. The second-order valence-electron chi connectivity index (χ2n) is 8.99. The van der Waals surface area contributed by atoms with Gasteiger partial charge >= 0.3 is 0 Å². The highest BCUT2D eigenvalue weighted by Gasteiger charge is 2.22. The van der Waals surface area contributed by atoms with Crippen LogP contribution in [0.5, 0.6) is 0 Å². The van der Waals surface area contributed by atoms with Gasteiger partial charge in [0, 0.05) is 18.7 Å². The number of hydrogen-bond donors (Lipinski definition) is 0. The van der Waals surface area contributed by atoms with Gasteiger partial charge < -0.3 is 4.90 Å². The lowest BCUT2D eigenvalue weighted by Crippen LogP contribution is -2.36. The number of carbonyl (C=O) groups excluding carboxylic acids is 1. The van der Waals surface area contributed by atoms with Crippen molar-refractivity contribution in [1.82, 2.24) is 9.88 Å². The average Bonchev–Trinajstić information content (AvgIpc) is 3.03. The Morgan fingerprint density at radius 1 is 1.00 bits per heavy atom. The van der Waals surface area contributed by atoms with Crippen molar-refractivity contribution in [3.63, 3.8) is 0 Å². The Kier molecular flexibility index (Phi) is 7.67. The van der Waals surface area contributed by atoms with E-state index in [1.165, 1.54) is 16.7 Å². The van der Waals surface area contributed by atoms with Gasteiger partial charge in [0.2, 0.25) is 0 Å². The fourth-order valence-corrected chi connectivity index (χ4v) is 4.21. The van der Waals surface area contributed by atoms with Crippen LogP contribution in [0.3, 0.4) is 0 Å². The Balaban J connectivity index is 0.00000320. The number of carbonyl (C=O) groups is 1. The van der Waals surface area contributed by atoms with Crippen molar-refractivity contribution in [2.75, 3.05) is 32.1 Å².